The van der Waals surface area contributed by atoms with Crippen molar-refractivity contribution in [1.82, 2.24) is 14.7 Å². The lowest BCUT2D eigenvalue weighted by Gasteiger charge is -2.35. The van der Waals surface area contributed by atoms with Crippen LogP contribution in [0.5, 0.6) is 0 Å². The zero-order valence-electron chi connectivity index (χ0n) is 12.0. The second kappa shape index (κ2) is 5.74. The fourth-order valence-electron chi connectivity index (χ4n) is 2.86. The van der Waals surface area contributed by atoms with Crippen molar-refractivity contribution in [3.8, 4) is 0 Å². The SMILES string of the molecule is CCc1nn(C)cc1C(=O)N(C)C1CCCCC1O. The number of rotatable bonds is 3. The smallest absolute Gasteiger partial charge is 0.257 e. The standard InChI is InChI=1S/C14H23N3O2/c1-4-11-10(9-16(2)15-11)14(19)17(3)12-7-5-6-8-13(12)18/h9,12-13,18H,4-8H2,1-3H3. The van der Waals surface area contributed by atoms with Crippen LogP contribution in [0.1, 0.15) is 48.7 Å². The predicted octanol–water partition coefficient (Wildman–Crippen LogP) is 1.36. The van der Waals surface area contributed by atoms with E-state index in [1.807, 2.05) is 14.0 Å². The Balaban J connectivity index is 2.18. The van der Waals surface area contributed by atoms with Crippen LogP contribution in [0.3, 0.4) is 0 Å². The summed E-state index contributed by atoms with van der Waals surface area (Å²) in [6, 6.07) is -0.0637. The number of likely N-dealkylation sites (N-methyl/N-ethyl adjacent to an activating group) is 1. The van der Waals surface area contributed by atoms with E-state index in [1.165, 1.54) is 0 Å². The predicted molar refractivity (Wildman–Crippen MR) is 72.9 cm³/mol. The maximum atomic E-state index is 12.5. The second-order valence-electron chi connectivity index (χ2n) is 5.35. The van der Waals surface area contributed by atoms with E-state index >= 15 is 0 Å². The average Bonchev–Trinajstić information content (AvgIpc) is 2.79. The van der Waals surface area contributed by atoms with Gasteiger partial charge in [-0.3, -0.25) is 9.48 Å². The molecule has 0 aromatic carbocycles. The van der Waals surface area contributed by atoms with Crippen molar-refractivity contribution in [2.24, 2.45) is 7.05 Å². The fourth-order valence-corrected chi connectivity index (χ4v) is 2.86. The monoisotopic (exact) mass is 265 g/mol. The number of aryl methyl sites for hydroxylation is 2. The Morgan fingerprint density at radius 1 is 1.53 bits per heavy atom. The van der Waals surface area contributed by atoms with Gasteiger partial charge in [0.05, 0.1) is 23.4 Å². The summed E-state index contributed by atoms with van der Waals surface area (Å²) in [6.45, 7) is 1.99. The Bertz CT molecular complexity index is 456. The molecule has 1 aliphatic carbocycles. The van der Waals surface area contributed by atoms with Gasteiger partial charge in [0.1, 0.15) is 0 Å². The van der Waals surface area contributed by atoms with Crippen LogP contribution in [0.2, 0.25) is 0 Å². The number of carbonyl (C=O) groups excluding carboxylic acids is 1. The lowest BCUT2D eigenvalue weighted by Crippen LogP contribution is -2.46. The molecule has 2 unspecified atom stereocenters. The van der Waals surface area contributed by atoms with E-state index in [9.17, 15) is 9.90 Å². The van der Waals surface area contributed by atoms with E-state index in [0.717, 1.165) is 37.8 Å². The Labute approximate surface area is 114 Å². The molecule has 19 heavy (non-hydrogen) atoms. The van der Waals surface area contributed by atoms with Gasteiger partial charge in [-0.05, 0) is 19.3 Å². The van der Waals surface area contributed by atoms with Crippen LogP contribution in [0.25, 0.3) is 0 Å². The minimum Gasteiger partial charge on any atom is -0.391 e. The van der Waals surface area contributed by atoms with Crippen molar-refractivity contribution in [2.75, 3.05) is 7.05 Å². The molecule has 2 rings (SSSR count). The summed E-state index contributed by atoms with van der Waals surface area (Å²) in [5, 5.41) is 14.4. The molecule has 106 valence electrons. The molecule has 0 spiro atoms. The molecule has 5 nitrogen and oxygen atoms in total. The summed E-state index contributed by atoms with van der Waals surface area (Å²) >= 11 is 0. The molecule has 2 atom stereocenters. The summed E-state index contributed by atoms with van der Waals surface area (Å²) in [4.78, 5) is 14.2. The van der Waals surface area contributed by atoms with E-state index in [1.54, 1.807) is 22.8 Å². The topological polar surface area (TPSA) is 58.4 Å². The number of hydrogen-bond acceptors (Lipinski definition) is 3. The van der Waals surface area contributed by atoms with Gasteiger partial charge in [0, 0.05) is 20.3 Å². The summed E-state index contributed by atoms with van der Waals surface area (Å²) in [6.07, 6.45) is 5.90. The van der Waals surface area contributed by atoms with Crippen molar-refractivity contribution in [2.45, 2.75) is 51.2 Å². The molecule has 1 aromatic heterocycles. The Kier molecular flexibility index (Phi) is 4.24. The third-order valence-corrected chi connectivity index (χ3v) is 3.98. The van der Waals surface area contributed by atoms with Crippen LogP contribution in [0.15, 0.2) is 6.20 Å². The normalized spacial score (nSPS) is 23.4. The molecule has 1 heterocycles. The van der Waals surface area contributed by atoms with E-state index in [0.29, 0.717) is 5.56 Å². The molecule has 1 aromatic rings. The number of aliphatic hydroxyl groups is 1. The van der Waals surface area contributed by atoms with Crippen LogP contribution >= 0.6 is 0 Å². The molecule has 0 aliphatic heterocycles. The van der Waals surface area contributed by atoms with E-state index in [4.69, 9.17) is 0 Å². The maximum absolute atomic E-state index is 12.5. The first-order valence-electron chi connectivity index (χ1n) is 7.02. The highest BCUT2D eigenvalue weighted by atomic mass is 16.3. The number of hydrogen-bond donors (Lipinski definition) is 1. The Morgan fingerprint density at radius 2 is 2.21 bits per heavy atom. The summed E-state index contributed by atoms with van der Waals surface area (Å²) in [5.74, 6) is -0.0316. The van der Waals surface area contributed by atoms with Crippen LogP contribution in [0.4, 0.5) is 0 Å². The number of carbonyl (C=O) groups is 1. The van der Waals surface area contributed by atoms with Crippen LogP contribution in [-0.2, 0) is 13.5 Å². The first-order valence-corrected chi connectivity index (χ1v) is 7.02. The van der Waals surface area contributed by atoms with Gasteiger partial charge in [0.2, 0.25) is 0 Å². The van der Waals surface area contributed by atoms with Crippen molar-refractivity contribution >= 4 is 5.91 Å². The van der Waals surface area contributed by atoms with E-state index in [-0.39, 0.29) is 11.9 Å². The first-order chi connectivity index (χ1) is 9.04. The average molecular weight is 265 g/mol. The minimum absolute atomic E-state index is 0.0316. The quantitative estimate of drug-likeness (QED) is 0.897. The largest absolute Gasteiger partial charge is 0.391 e. The van der Waals surface area contributed by atoms with Crippen LogP contribution in [0, 0.1) is 0 Å². The molecule has 1 fully saturated rings. The third-order valence-electron chi connectivity index (χ3n) is 3.98. The number of aromatic nitrogens is 2. The highest BCUT2D eigenvalue weighted by Gasteiger charge is 2.31. The first kappa shape index (κ1) is 14.1. The Hall–Kier alpha value is -1.36. The molecule has 1 amide bonds. The van der Waals surface area contributed by atoms with Crippen molar-refractivity contribution in [1.29, 1.82) is 0 Å². The Morgan fingerprint density at radius 3 is 2.84 bits per heavy atom. The van der Waals surface area contributed by atoms with Gasteiger partial charge in [-0.2, -0.15) is 5.10 Å². The fraction of sp³-hybridized carbons (Fsp3) is 0.714. The van der Waals surface area contributed by atoms with Gasteiger partial charge in [-0.1, -0.05) is 19.8 Å². The zero-order chi connectivity index (χ0) is 14.0. The molecule has 1 aliphatic rings. The van der Waals surface area contributed by atoms with Gasteiger partial charge < -0.3 is 10.0 Å². The molecule has 0 saturated heterocycles. The van der Waals surface area contributed by atoms with Gasteiger partial charge in [0.25, 0.3) is 5.91 Å². The van der Waals surface area contributed by atoms with Crippen molar-refractivity contribution in [3.63, 3.8) is 0 Å². The van der Waals surface area contributed by atoms with E-state index < -0.39 is 6.10 Å². The molecule has 1 saturated carbocycles. The summed E-state index contributed by atoms with van der Waals surface area (Å²) in [5.41, 5.74) is 1.48. The van der Waals surface area contributed by atoms with Crippen LogP contribution < -0.4 is 0 Å². The van der Waals surface area contributed by atoms with Gasteiger partial charge in [-0.25, -0.2) is 0 Å². The maximum Gasteiger partial charge on any atom is 0.257 e. The van der Waals surface area contributed by atoms with Gasteiger partial charge >= 0.3 is 0 Å². The third kappa shape index (κ3) is 2.81. The molecule has 1 N–H and O–H groups in total. The zero-order valence-corrected chi connectivity index (χ0v) is 12.0. The summed E-state index contributed by atoms with van der Waals surface area (Å²) < 4.78 is 1.68. The summed E-state index contributed by atoms with van der Waals surface area (Å²) in [7, 11) is 3.61. The molecule has 5 heteroatoms. The number of nitrogens with zero attached hydrogens (tertiary/aromatic N) is 3. The lowest BCUT2D eigenvalue weighted by molar-refractivity contribution is 0.0267. The highest BCUT2D eigenvalue weighted by molar-refractivity contribution is 5.95. The molecular weight excluding hydrogens is 242 g/mol. The van der Waals surface area contributed by atoms with E-state index in [2.05, 4.69) is 5.10 Å². The molecular formula is C14H23N3O2. The minimum atomic E-state index is -0.399. The van der Waals surface area contributed by atoms with Crippen LogP contribution in [-0.4, -0.2) is 44.9 Å². The highest BCUT2D eigenvalue weighted by Crippen LogP contribution is 2.24. The number of aliphatic hydroxyl groups excluding tert-OH is 1. The molecule has 0 bridgehead atoms. The lowest BCUT2D eigenvalue weighted by atomic mass is 9.91. The number of amides is 1. The second-order valence-corrected chi connectivity index (χ2v) is 5.35. The van der Waals surface area contributed by atoms with Crippen molar-refractivity contribution in [3.05, 3.63) is 17.5 Å². The molecule has 0 radical (unpaired) electrons. The van der Waals surface area contributed by atoms with Crippen molar-refractivity contribution < 1.29 is 9.90 Å². The van der Waals surface area contributed by atoms with Gasteiger partial charge in [-0.15, -0.1) is 0 Å². The van der Waals surface area contributed by atoms with Gasteiger partial charge in [0.15, 0.2) is 0 Å².